The van der Waals surface area contributed by atoms with E-state index in [1.807, 2.05) is 0 Å². The molecule has 0 aliphatic carbocycles. The number of ether oxygens (including phenoxy) is 2. The third-order valence-corrected chi connectivity index (χ3v) is 3.92. The molecule has 0 amide bonds. The van der Waals surface area contributed by atoms with Crippen molar-refractivity contribution in [1.29, 1.82) is 0 Å². The lowest BCUT2D eigenvalue weighted by molar-refractivity contribution is -0.183. The topological polar surface area (TPSA) is 21.7 Å². The summed E-state index contributed by atoms with van der Waals surface area (Å²) in [5, 5.41) is 0. The van der Waals surface area contributed by atoms with Crippen LogP contribution in [0.25, 0.3) is 0 Å². The van der Waals surface area contributed by atoms with E-state index in [0.29, 0.717) is 0 Å². The highest BCUT2D eigenvalue weighted by atomic mass is 16.7. The maximum atomic E-state index is 5.62. The molecule has 0 aromatic heterocycles. The van der Waals surface area contributed by atoms with Crippen LogP contribution in [0.4, 0.5) is 0 Å². The van der Waals surface area contributed by atoms with Gasteiger partial charge in [-0.05, 0) is 32.2 Å². The minimum Gasteiger partial charge on any atom is -0.353 e. The monoisotopic (exact) mass is 241 g/mol. The molecule has 3 nitrogen and oxygen atoms in total. The standard InChI is InChI=1S/C14H27NO2/c1-2-6-13-7-3-4-9-15(13)10-8-14-16-11-5-12-17-14/h13-14H,2-12H2,1H3. The highest BCUT2D eigenvalue weighted by Gasteiger charge is 2.23. The Kier molecular flexibility index (Phi) is 5.75. The Balaban J connectivity index is 1.71. The van der Waals surface area contributed by atoms with Gasteiger partial charge in [0.05, 0.1) is 13.2 Å². The van der Waals surface area contributed by atoms with Crippen LogP contribution >= 0.6 is 0 Å². The number of likely N-dealkylation sites (tertiary alicyclic amines) is 1. The van der Waals surface area contributed by atoms with E-state index in [4.69, 9.17) is 9.47 Å². The van der Waals surface area contributed by atoms with E-state index in [0.717, 1.165) is 38.6 Å². The molecule has 0 spiro atoms. The summed E-state index contributed by atoms with van der Waals surface area (Å²) in [6.45, 7) is 6.47. The van der Waals surface area contributed by atoms with Crippen molar-refractivity contribution < 1.29 is 9.47 Å². The summed E-state index contributed by atoms with van der Waals surface area (Å²) in [6, 6.07) is 0.817. The van der Waals surface area contributed by atoms with Crippen LogP contribution in [0, 0.1) is 0 Å². The first-order chi connectivity index (χ1) is 8.40. The van der Waals surface area contributed by atoms with Crippen molar-refractivity contribution in [3.05, 3.63) is 0 Å². The van der Waals surface area contributed by atoms with Crippen molar-refractivity contribution in [3.8, 4) is 0 Å². The zero-order chi connectivity index (χ0) is 11.9. The zero-order valence-corrected chi connectivity index (χ0v) is 11.2. The van der Waals surface area contributed by atoms with Crippen LogP contribution in [-0.2, 0) is 9.47 Å². The summed E-state index contributed by atoms with van der Waals surface area (Å²) in [5.74, 6) is 0. The molecule has 3 heteroatoms. The number of hydrogen-bond donors (Lipinski definition) is 0. The molecule has 2 aliphatic heterocycles. The molecule has 17 heavy (non-hydrogen) atoms. The largest absolute Gasteiger partial charge is 0.353 e. The molecular formula is C14H27NO2. The Labute approximate surface area is 105 Å². The fraction of sp³-hybridized carbons (Fsp3) is 1.00. The van der Waals surface area contributed by atoms with Crippen LogP contribution in [-0.4, -0.2) is 43.5 Å². The van der Waals surface area contributed by atoms with Crippen molar-refractivity contribution in [2.45, 2.75) is 64.2 Å². The average molecular weight is 241 g/mol. The number of rotatable bonds is 5. The van der Waals surface area contributed by atoms with Gasteiger partial charge in [0, 0.05) is 19.0 Å². The SMILES string of the molecule is CCCC1CCCCN1CCC1OCCCO1. The minimum absolute atomic E-state index is 0.0629. The molecule has 2 fully saturated rings. The molecule has 0 aromatic carbocycles. The summed E-state index contributed by atoms with van der Waals surface area (Å²) < 4.78 is 11.2. The smallest absolute Gasteiger partial charge is 0.158 e. The minimum atomic E-state index is 0.0629. The van der Waals surface area contributed by atoms with Gasteiger partial charge in [0.25, 0.3) is 0 Å². The molecule has 1 atom stereocenters. The molecule has 0 bridgehead atoms. The molecule has 2 rings (SSSR count). The lowest BCUT2D eigenvalue weighted by atomic mass is 9.98. The lowest BCUT2D eigenvalue weighted by Crippen LogP contribution is -2.41. The van der Waals surface area contributed by atoms with Crippen molar-refractivity contribution in [2.75, 3.05) is 26.3 Å². The quantitative estimate of drug-likeness (QED) is 0.739. The van der Waals surface area contributed by atoms with E-state index < -0.39 is 0 Å². The second-order valence-corrected chi connectivity index (χ2v) is 5.29. The zero-order valence-electron chi connectivity index (χ0n) is 11.2. The summed E-state index contributed by atoms with van der Waals surface area (Å²) >= 11 is 0. The molecule has 2 saturated heterocycles. The number of hydrogen-bond acceptors (Lipinski definition) is 3. The van der Waals surface area contributed by atoms with Gasteiger partial charge in [0.15, 0.2) is 6.29 Å². The Morgan fingerprint density at radius 3 is 2.65 bits per heavy atom. The highest BCUT2D eigenvalue weighted by molar-refractivity contribution is 4.76. The van der Waals surface area contributed by atoms with Crippen LogP contribution in [0.2, 0.25) is 0 Å². The van der Waals surface area contributed by atoms with Crippen LogP contribution in [0.5, 0.6) is 0 Å². The predicted molar refractivity (Wildman–Crippen MR) is 69.0 cm³/mol. The highest BCUT2D eigenvalue weighted by Crippen LogP contribution is 2.21. The van der Waals surface area contributed by atoms with Crippen molar-refractivity contribution in [3.63, 3.8) is 0 Å². The van der Waals surface area contributed by atoms with Gasteiger partial charge in [-0.1, -0.05) is 19.8 Å². The molecule has 0 N–H and O–H groups in total. The Morgan fingerprint density at radius 1 is 1.06 bits per heavy atom. The first kappa shape index (κ1) is 13.3. The predicted octanol–water partition coefficient (Wildman–Crippen LogP) is 2.79. The average Bonchev–Trinajstić information content (AvgIpc) is 2.39. The van der Waals surface area contributed by atoms with Gasteiger partial charge in [-0.15, -0.1) is 0 Å². The van der Waals surface area contributed by atoms with Crippen molar-refractivity contribution in [2.24, 2.45) is 0 Å². The maximum absolute atomic E-state index is 5.62. The second-order valence-electron chi connectivity index (χ2n) is 5.29. The van der Waals surface area contributed by atoms with Gasteiger partial charge < -0.3 is 14.4 Å². The Bertz CT molecular complexity index is 202. The van der Waals surface area contributed by atoms with E-state index >= 15 is 0 Å². The van der Waals surface area contributed by atoms with E-state index in [9.17, 15) is 0 Å². The van der Waals surface area contributed by atoms with Gasteiger partial charge in [0.1, 0.15) is 0 Å². The van der Waals surface area contributed by atoms with Crippen LogP contribution < -0.4 is 0 Å². The molecule has 100 valence electrons. The summed E-state index contributed by atoms with van der Waals surface area (Å²) in [5.41, 5.74) is 0. The first-order valence-electron chi connectivity index (χ1n) is 7.37. The maximum Gasteiger partial charge on any atom is 0.158 e. The summed E-state index contributed by atoms with van der Waals surface area (Å²) in [4.78, 5) is 2.66. The molecule has 0 radical (unpaired) electrons. The van der Waals surface area contributed by atoms with E-state index in [-0.39, 0.29) is 6.29 Å². The number of nitrogens with zero attached hydrogens (tertiary/aromatic N) is 1. The van der Waals surface area contributed by atoms with E-state index in [1.165, 1.54) is 38.6 Å². The normalized spacial score (nSPS) is 28.4. The Hall–Kier alpha value is -0.120. The summed E-state index contributed by atoms with van der Waals surface area (Å²) in [6.07, 6.45) is 8.99. The van der Waals surface area contributed by atoms with Crippen LogP contribution in [0.3, 0.4) is 0 Å². The fourth-order valence-corrected chi connectivity index (χ4v) is 2.99. The van der Waals surface area contributed by atoms with Crippen LogP contribution in [0.1, 0.15) is 51.9 Å². The van der Waals surface area contributed by atoms with Crippen molar-refractivity contribution in [1.82, 2.24) is 4.90 Å². The van der Waals surface area contributed by atoms with Gasteiger partial charge in [-0.25, -0.2) is 0 Å². The first-order valence-corrected chi connectivity index (χ1v) is 7.37. The Morgan fingerprint density at radius 2 is 1.88 bits per heavy atom. The molecule has 1 unspecified atom stereocenters. The molecule has 2 heterocycles. The fourth-order valence-electron chi connectivity index (χ4n) is 2.99. The molecular weight excluding hydrogens is 214 g/mol. The van der Waals surface area contributed by atoms with E-state index in [1.54, 1.807) is 0 Å². The van der Waals surface area contributed by atoms with Crippen molar-refractivity contribution >= 4 is 0 Å². The molecule has 0 saturated carbocycles. The van der Waals surface area contributed by atoms with E-state index in [2.05, 4.69) is 11.8 Å². The second kappa shape index (κ2) is 7.34. The van der Waals surface area contributed by atoms with Gasteiger partial charge in [-0.2, -0.15) is 0 Å². The van der Waals surface area contributed by atoms with Gasteiger partial charge in [-0.3, -0.25) is 0 Å². The van der Waals surface area contributed by atoms with Crippen LogP contribution in [0.15, 0.2) is 0 Å². The third-order valence-electron chi connectivity index (χ3n) is 3.92. The molecule has 0 aromatic rings. The number of piperidine rings is 1. The molecule has 2 aliphatic rings. The van der Waals surface area contributed by atoms with Gasteiger partial charge in [0.2, 0.25) is 0 Å². The van der Waals surface area contributed by atoms with Gasteiger partial charge >= 0.3 is 0 Å². The summed E-state index contributed by atoms with van der Waals surface area (Å²) in [7, 11) is 0. The third kappa shape index (κ3) is 4.23. The lowest BCUT2D eigenvalue weighted by Gasteiger charge is -2.36.